The minimum absolute atomic E-state index is 0.0173. The molecule has 2 heterocycles. The molecule has 0 saturated carbocycles. The van der Waals surface area contributed by atoms with E-state index >= 15 is 0 Å². The van der Waals surface area contributed by atoms with Crippen molar-refractivity contribution in [3.8, 4) is 11.5 Å². The lowest BCUT2D eigenvalue weighted by Crippen LogP contribution is -2.36. The first-order valence-corrected chi connectivity index (χ1v) is 7.36. The molecule has 1 aliphatic rings. The van der Waals surface area contributed by atoms with Crippen LogP contribution < -0.4 is 14.8 Å². The van der Waals surface area contributed by atoms with E-state index in [1.165, 1.54) is 0 Å². The van der Waals surface area contributed by atoms with Gasteiger partial charge in [0.2, 0.25) is 5.91 Å². The molecule has 0 radical (unpaired) electrons. The number of ether oxygens (including phenoxy) is 2. The smallest absolute Gasteiger partial charge is 0.224 e. The summed E-state index contributed by atoms with van der Waals surface area (Å²) in [7, 11) is 0. The average molecular weight is 301 g/mol. The quantitative estimate of drug-likeness (QED) is 0.906. The van der Waals surface area contributed by atoms with Gasteiger partial charge in [0.15, 0.2) is 11.5 Å². The summed E-state index contributed by atoms with van der Waals surface area (Å²) in [5.41, 5.74) is 0.910. The van der Waals surface area contributed by atoms with E-state index in [0.29, 0.717) is 31.9 Å². The van der Waals surface area contributed by atoms with E-state index in [4.69, 9.17) is 9.47 Å². The van der Waals surface area contributed by atoms with Crippen LogP contribution in [0, 0.1) is 0 Å². The Labute approximate surface area is 129 Å². The van der Waals surface area contributed by atoms with Crippen LogP contribution in [-0.4, -0.2) is 34.9 Å². The zero-order chi connectivity index (χ0) is 15.4. The summed E-state index contributed by atoms with van der Waals surface area (Å²) in [5.74, 6) is 1.43. The molecule has 1 N–H and O–H groups in total. The van der Waals surface area contributed by atoms with Gasteiger partial charge < -0.3 is 14.8 Å². The highest BCUT2D eigenvalue weighted by Gasteiger charge is 2.14. The molecule has 2 aromatic rings. The molecular formula is C16H19N3O3. The molecule has 0 saturated heterocycles. The number of hydrogen-bond donors (Lipinski definition) is 1. The summed E-state index contributed by atoms with van der Waals surface area (Å²) in [6.07, 6.45) is 3.92. The van der Waals surface area contributed by atoms with Crippen molar-refractivity contribution in [2.45, 2.75) is 25.9 Å². The van der Waals surface area contributed by atoms with Gasteiger partial charge in [-0.25, -0.2) is 0 Å². The van der Waals surface area contributed by atoms with Gasteiger partial charge >= 0.3 is 0 Å². The van der Waals surface area contributed by atoms with E-state index < -0.39 is 0 Å². The number of fused-ring (bicyclic) bond motifs is 1. The van der Waals surface area contributed by atoms with Crippen molar-refractivity contribution in [1.29, 1.82) is 0 Å². The Morgan fingerprint density at radius 3 is 2.95 bits per heavy atom. The van der Waals surface area contributed by atoms with Gasteiger partial charge in [0.1, 0.15) is 13.2 Å². The van der Waals surface area contributed by atoms with Crippen LogP contribution in [0.4, 0.5) is 0 Å². The molecule has 0 spiro atoms. The normalized spacial score (nSPS) is 14.4. The summed E-state index contributed by atoms with van der Waals surface area (Å²) in [5, 5.41) is 7.11. The molecule has 3 rings (SSSR count). The Bertz CT molecular complexity index is 640. The summed E-state index contributed by atoms with van der Waals surface area (Å²) in [6, 6.07) is 7.50. The molecule has 1 aromatic heterocycles. The maximum atomic E-state index is 12.1. The number of nitrogens with zero attached hydrogens (tertiary/aromatic N) is 2. The number of carbonyl (C=O) groups excluding carboxylic acids is 1. The van der Waals surface area contributed by atoms with Crippen LogP contribution in [0.15, 0.2) is 36.7 Å². The minimum atomic E-state index is -0.0173. The molecule has 0 bridgehead atoms. The fraction of sp³-hybridized carbons (Fsp3) is 0.375. The largest absolute Gasteiger partial charge is 0.486 e. The lowest BCUT2D eigenvalue weighted by Gasteiger charge is -2.19. The predicted molar refractivity (Wildman–Crippen MR) is 81.0 cm³/mol. The molecule has 1 amide bonds. The van der Waals surface area contributed by atoms with Crippen molar-refractivity contribution in [2.75, 3.05) is 13.2 Å². The van der Waals surface area contributed by atoms with Crippen LogP contribution in [0.5, 0.6) is 11.5 Å². The molecular weight excluding hydrogens is 282 g/mol. The molecule has 0 fully saturated rings. The Morgan fingerprint density at radius 2 is 2.18 bits per heavy atom. The number of hydrogen-bond acceptors (Lipinski definition) is 4. The highest BCUT2D eigenvalue weighted by Crippen LogP contribution is 2.30. The molecule has 1 aliphatic heterocycles. The Morgan fingerprint density at radius 1 is 1.36 bits per heavy atom. The number of benzene rings is 1. The summed E-state index contributed by atoms with van der Waals surface area (Å²) in [4.78, 5) is 12.1. The number of nitrogens with one attached hydrogen (secondary N) is 1. The van der Waals surface area contributed by atoms with Crippen molar-refractivity contribution in [1.82, 2.24) is 15.1 Å². The van der Waals surface area contributed by atoms with Gasteiger partial charge in [-0.15, -0.1) is 0 Å². The Hall–Kier alpha value is -2.50. The average Bonchev–Trinajstić information content (AvgIpc) is 2.99. The third-order valence-corrected chi connectivity index (χ3v) is 3.40. The number of carbonyl (C=O) groups is 1. The van der Waals surface area contributed by atoms with Crippen molar-refractivity contribution in [2.24, 2.45) is 0 Å². The second-order valence-corrected chi connectivity index (χ2v) is 5.35. The molecule has 1 aromatic carbocycles. The molecule has 1 atom stereocenters. The topological polar surface area (TPSA) is 65.4 Å². The first kappa shape index (κ1) is 14.4. The molecule has 6 nitrogen and oxygen atoms in total. The third kappa shape index (κ3) is 3.58. The van der Waals surface area contributed by atoms with E-state index in [0.717, 1.165) is 11.3 Å². The maximum Gasteiger partial charge on any atom is 0.224 e. The molecule has 6 heteroatoms. The standard InChI is InChI=1S/C16H19N3O3/c1-12(11-19-6-2-5-17-19)18-16(20)10-13-3-4-14-15(9-13)22-8-7-21-14/h2-6,9,12H,7-8,10-11H2,1H3,(H,18,20). The van der Waals surface area contributed by atoms with Gasteiger partial charge in [-0.1, -0.05) is 6.07 Å². The lowest BCUT2D eigenvalue weighted by atomic mass is 10.1. The van der Waals surface area contributed by atoms with Crippen LogP contribution >= 0.6 is 0 Å². The van der Waals surface area contributed by atoms with Gasteiger partial charge in [0, 0.05) is 18.4 Å². The second-order valence-electron chi connectivity index (χ2n) is 5.35. The number of rotatable bonds is 5. The van der Waals surface area contributed by atoms with Crippen molar-refractivity contribution < 1.29 is 14.3 Å². The number of amides is 1. The van der Waals surface area contributed by atoms with Gasteiger partial charge in [-0.2, -0.15) is 5.10 Å². The highest BCUT2D eigenvalue weighted by molar-refractivity contribution is 5.79. The van der Waals surface area contributed by atoms with Crippen LogP contribution in [-0.2, 0) is 17.8 Å². The Kier molecular flexibility index (Phi) is 4.27. The van der Waals surface area contributed by atoms with Crippen molar-refractivity contribution in [3.63, 3.8) is 0 Å². The minimum Gasteiger partial charge on any atom is -0.486 e. The highest BCUT2D eigenvalue weighted by atomic mass is 16.6. The van der Waals surface area contributed by atoms with Crippen LogP contribution in [0.3, 0.4) is 0 Å². The zero-order valence-corrected chi connectivity index (χ0v) is 12.5. The van der Waals surface area contributed by atoms with Crippen molar-refractivity contribution in [3.05, 3.63) is 42.2 Å². The zero-order valence-electron chi connectivity index (χ0n) is 12.5. The third-order valence-electron chi connectivity index (χ3n) is 3.40. The van der Waals surface area contributed by atoms with Crippen LogP contribution in [0.2, 0.25) is 0 Å². The van der Waals surface area contributed by atoms with Crippen LogP contribution in [0.25, 0.3) is 0 Å². The fourth-order valence-electron chi connectivity index (χ4n) is 2.44. The van der Waals surface area contributed by atoms with Crippen molar-refractivity contribution >= 4 is 5.91 Å². The van der Waals surface area contributed by atoms with Gasteiger partial charge in [-0.3, -0.25) is 9.48 Å². The van der Waals surface area contributed by atoms with E-state index in [9.17, 15) is 4.79 Å². The maximum absolute atomic E-state index is 12.1. The van der Waals surface area contributed by atoms with Gasteiger partial charge in [0.05, 0.1) is 13.0 Å². The summed E-state index contributed by atoms with van der Waals surface area (Å²) >= 11 is 0. The van der Waals surface area contributed by atoms with E-state index in [1.807, 2.05) is 37.4 Å². The molecule has 1 unspecified atom stereocenters. The number of aromatic nitrogens is 2. The summed E-state index contributed by atoms with van der Waals surface area (Å²) in [6.45, 7) is 3.73. The van der Waals surface area contributed by atoms with Crippen LogP contribution in [0.1, 0.15) is 12.5 Å². The van der Waals surface area contributed by atoms with Gasteiger partial charge in [-0.05, 0) is 30.7 Å². The SMILES string of the molecule is CC(Cn1cccn1)NC(=O)Cc1ccc2c(c1)OCCO2. The second kappa shape index (κ2) is 6.51. The summed E-state index contributed by atoms with van der Waals surface area (Å²) < 4.78 is 12.8. The lowest BCUT2D eigenvalue weighted by molar-refractivity contribution is -0.121. The van der Waals surface area contributed by atoms with Gasteiger partial charge in [0.25, 0.3) is 0 Å². The predicted octanol–water partition coefficient (Wildman–Crippen LogP) is 1.40. The van der Waals surface area contributed by atoms with E-state index in [2.05, 4.69) is 10.4 Å². The monoisotopic (exact) mass is 301 g/mol. The van der Waals surface area contributed by atoms with E-state index in [-0.39, 0.29) is 11.9 Å². The molecule has 116 valence electrons. The molecule has 22 heavy (non-hydrogen) atoms. The van der Waals surface area contributed by atoms with E-state index in [1.54, 1.807) is 10.9 Å². The first-order valence-electron chi connectivity index (χ1n) is 7.36. The fourth-order valence-corrected chi connectivity index (χ4v) is 2.44. The first-order chi connectivity index (χ1) is 10.7. The molecule has 0 aliphatic carbocycles. The Balaban J connectivity index is 1.55.